The molecule has 2 aromatic rings. The standard InChI is InChI=1S/C19H22ClNO2/c1-4-17(15-9-7-6-8-13(15)3)21-19(22)14-10-11-18(23-5-2)16(20)12-14/h6-12,17H,4-5H2,1-3H3,(H,21,22). The molecule has 122 valence electrons. The van der Waals surface area contributed by atoms with Gasteiger partial charge in [0.05, 0.1) is 17.7 Å². The lowest BCUT2D eigenvalue weighted by atomic mass is 9.99. The van der Waals surface area contributed by atoms with Crippen molar-refractivity contribution in [1.29, 1.82) is 0 Å². The van der Waals surface area contributed by atoms with Crippen molar-refractivity contribution in [3.63, 3.8) is 0 Å². The van der Waals surface area contributed by atoms with Crippen LogP contribution in [0, 0.1) is 6.92 Å². The molecule has 2 rings (SSSR count). The van der Waals surface area contributed by atoms with Crippen molar-refractivity contribution in [2.24, 2.45) is 0 Å². The van der Waals surface area contributed by atoms with E-state index < -0.39 is 0 Å². The van der Waals surface area contributed by atoms with Crippen LogP contribution in [0.1, 0.15) is 47.8 Å². The molecule has 2 aromatic carbocycles. The maximum absolute atomic E-state index is 12.5. The van der Waals surface area contributed by atoms with Crippen LogP contribution in [-0.4, -0.2) is 12.5 Å². The largest absolute Gasteiger partial charge is 0.492 e. The summed E-state index contributed by atoms with van der Waals surface area (Å²) in [5.74, 6) is 0.460. The Morgan fingerprint density at radius 1 is 1.22 bits per heavy atom. The first kappa shape index (κ1) is 17.4. The van der Waals surface area contributed by atoms with Crippen LogP contribution in [0.3, 0.4) is 0 Å². The molecule has 0 aromatic heterocycles. The Morgan fingerprint density at radius 2 is 1.96 bits per heavy atom. The average Bonchev–Trinajstić information content (AvgIpc) is 2.55. The molecule has 1 unspecified atom stereocenters. The fourth-order valence-electron chi connectivity index (χ4n) is 2.53. The summed E-state index contributed by atoms with van der Waals surface area (Å²) >= 11 is 6.16. The van der Waals surface area contributed by atoms with Crippen molar-refractivity contribution in [3.05, 3.63) is 64.2 Å². The van der Waals surface area contributed by atoms with Gasteiger partial charge in [-0.3, -0.25) is 4.79 Å². The molecule has 4 heteroatoms. The number of carbonyl (C=O) groups excluding carboxylic acids is 1. The number of amides is 1. The minimum atomic E-state index is -0.134. The number of nitrogens with one attached hydrogen (secondary N) is 1. The molecule has 0 aliphatic heterocycles. The van der Waals surface area contributed by atoms with Gasteiger partial charge in [-0.05, 0) is 49.6 Å². The van der Waals surface area contributed by atoms with Gasteiger partial charge in [-0.1, -0.05) is 42.8 Å². The van der Waals surface area contributed by atoms with Gasteiger partial charge in [0.25, 0.3) is 5.91 Å². The zero-order valence-electron chi connectivity index (χ0n) is 13.7. The molecule has 3 nitrogen and oxygen atoms in total. The smallest absolute Gasteiger partial charge is 0.251 e. The third kappa shape index (κ3) is 4.26. The molecule has 23 heavy (non-hydrogen) atoms. The highest BCUT2D eigenvalue weighted by molar-refractivity contribution is 6.32. The minimum absolute atomic E-state index is 0.0194. The second kappa shape index (κ2) is 8.02. The number of aryl methyl sites for hydroxylation is 1. The quantitative estimate of drug-likeness (QED) is 0.815. The molecule has 0 heterocycles. The van der Waals surface area contributed by atoms with Crippen LogP contribution >= 0.6 is 11.6 Å². The van der Waals surface area contributed by atoms with E-state index in [2.05, 4.69) is 31.3 Å². The van der Waals surface area contributed by atoms with Gasteiger partial charge in [0.15, 0.2) is 0 Å². The summed E-state index contributed by atoms with van der Waals surface area (Å²) in [7, 11) is 0. The molecule has 0 saturated heterocycles. The lowest BCUT2D eigenvalue weighted by Gasteiger charge is -2.19. The first-order valence-electron chi connectivity index (χ1n) is 7.85. The van der Waals surface area contributed by atoms with E-state index in [9.17, 15) is 4.79 Å². The number of ether oxygens (including phenoxy) is 1. The second-order valence-electron chi connectivity index (χ2n) is 5.37. The Labute approximate surface area is 142 Å². The van der Waals surface area contributed by atoms with Gasteiger partial charge >= 0.3 is 0 Å². The molecule has 0 aliphatic rings. The van der Waals surface area contributed by atoms with Gasteiger partial charge < -0.3 is 10.1 Å². The summed E-state index contributed by atoms with van der Waals surface area (Å²) in [6.45, 7) is 6.54. The van der Waals surface area contributed by atoms with Crippen LogP contribution in [0.15, 0.2) is 42.5 Å². The number of carbonyl (C=O) groups is 1. The van der Waals surface area contributed by atoms with Crippen LogP contribution < -0.4 is 10.1 Å². The number of halogens is 1. The van der Waals surface area contributed by atoms with E-state index in [-0.39, 0.29) is 11.9 Å². The lowest BCUT2D eigenvalue weighted by Crippen LogP contribution is -2.28. The van der Waals surface area contributed by atoms with Gasteiger partial charge in [-0.2, -0.15) is 0 Å². The van der Waals surface area contributed by atoms with Crippen molar-refractivity contribution in [2.75, 3.05) is 6.61 Å². The monoisotopic (exact) mass is 331 g/mol. The van der Waals surface area contributed by atoms with E-state index in [1.54, 1.807) is 18.2 Å². The summed E-state index contributed by atoms with van der Waals surface area (Å²) in [6.07, 6.45) is 0.821. The SMILES string of the molecule is CCOc1ccc(C(=O)NC(CC)c2ccccc2C)cc1Cl. The zero-order chi connectivity index (χ0) is 16.8. The number of benzene rings is 2. The molecular formula is C19H22ClNO2. The fourth-order valence-corrected chi connectivity index (χ4v) is 2.77. The predicted molar refractivity (Wildman–Crippen MR) is 94.3 cm³/mol. The van der Waals surface area contributed by atoms with E-state index in [4.69, 9.17) is 16.3 Å². The summed E-state index contributed by atoms with van der Waals surface area (Å²) in [5, 5.41) is 3.53. The highest BCUT2D eigenvalue weighted by Crippen LogP contribution is 2.26. The van der Waals surface area contributed by atoms with Gasteiger partial charge in [-0.25, -0.2) is 0 Å². The molecular weight excluding hydrogens is 310 g/mol. The number of hydrogen-bond donors (Lipinski definition) is 1. The molecule has 0 fully saturated rings. The van der Waals surface area contributed by atoms with Crippen LogP contribution in [0.5, 0.6) is 5.75 Å². The van der Waals surface area contributed by atoms with Crippen molar-refractivity contribution in [2.45, 2.75) is 33.2 Å². The normalized spacial score (nSPS) is 11.8. The van der Waals surface area contributed by atoms with Crippen LogP contribution in [0.2, 0.25) is 5.02 Å². The molecule has 0 bridgehead atoms. The summed E-state index contributed by atoms with van der Waals surface area (Å²) in [4.78, 5) is 12.5. The highest BCUT2D eigenvalue weighted by atomic mass is 35.5. The van der Waals surface area contributed by atoms with E-state index in [0.29, 0.717) is 22.9 Å². The van der Waals surface area contributed by atoms with Crippen molar-refractivity contribution in [1.82, 2.24) is 5.32 Å². The molecule has 0 spiro atoms. The predicted octanol–water partition coefficient (Wildman–Crippen LogP) is 4.93. The maximum atomic E-state index is 12.5. The van der Waals surface area contributed by atoms with Crippen LogP contribution in [0.4, 0.5) is 0 Å². The zero-order valence-corrected chi connectivity index (χ0v) is 14.5. The van der Waals surface area contributed by atoms with Crippen molar-refractivity contribution < 1.29 is 9.53 Å². The van der Waals surface area contributed by atoms with Gasteiger partial charge in [-0.15, -0.1) is 0 Å². The average molecular weight is 332 g/mol. The molecule has 0 radical (unpaired) electrons. The fraction of sp³-hybridized carbons (Fsp3) is 0.316. The van der Waals surface area contributed by atoms with Crippen LogP contribution in [-0.2, 0) is 0 Å². The molecule has 1 N–H and O–H groups in total. The van der Waals surface area contributed by atoms with Crippen LogP contribution in [0.25, 0.3) is 0 Å². The highest BCUT2D eigenvalue weighted by Gasteiger charge is 2.16. The summed E-state index contributed by atoms with van der Waals surface area (Å²) in [6, 6.07) is 13.2. The lowest BCUT2D eigenvalue weighted by molar-refractivity contribution is 0.0935. The minimum Gasteiger partial charge on any atom is -0.492 e. The second-order valence-corrected chi connectivity index (χ2v) is 5.78. The summed E-state index contributed by atoms with van der Waals surface area (Å²) in [5.41, 5.74) is 2.84. The molecule has 1 amide bonds. The third-order valence-corrected chi connectivity index (χ3v) is 4.07. The van der Waals surface area contributed by atoms with E-state index in [1.165, 1.54) is 5.56 Å². The summed E-state index contributed by atoms with van der Waals surface area (Å²) < 4.78 is 5.40. The van der Waals surface area contributed by atoms with Gasteiger partial charge in [0, 0.05) is 5.56 Å². The number of hydrogen-bond acceptors (Lipinski definition) is 2. The molecule has 0 saturated carbocycles. The first-order valence-corrected chi connectivity index (χ1v) is 8.23. The van der Waals surface area contributed by atoms with Crippen molar-refractivity contribution >= 4 is 17.5 Å². The van der Waals surface area contributed by atoms with Crippen molar-refractivity contribution in [3.8, 4) is 5.75 Å². The Balaban J connectivity index is 2.17. The number of rotatable bonds is 6. The third-order valence-electron chi connectivity index (χ3n) is 3.77. The maximum Gasteiger partial charge on any atom is 0.251 e. The Bertz CT molecular complexity index is 685. The van der Waals surface area contributed by atoms with E-state index in [1.807, 2.05) is 19.1 Å². The molecule has 1 atom stereocenters. The van der Waals surface area contributed by atoms with E-state index in [0.717, 1.165) is 12.0 Å². The molecule has 0 aliphatic carbocycles. The van der Waals surface area contributed by atoms with Gasteiger partial charge in [0.1, 0.15) is 5.75 Å². The van der Waals surface area contributed by atoms with Gasteiger partial charge in [0.2, 0.25) is 0 Å². The Morgan fingerprint density at radius 3 is 2.57 bits per heavy atom. The Kier molecular flexibility index (Phi) is 6.05. The Hall–Kier alpha value is -2.00. The van der Waals surface area contributed by atoms with E-state index >= 15 is 0 Å². The topological polar surface area (TPSA) is 38.3 Å². The first-order chi connectivity index (χ1) is 11.1.